The molecule has 0 atom stereocenters. The van der Waals surface area contributed by atoms with E-state index in [2.05, 4.69) is 20.7 Å². The third kappa shape index (κ3) is 3.74. The van der Waals surface area contributed by atoms with Crippen molar-refractivity contribution in [1.82, 2.24) is 14.8 Å². The fraction of sp³-hybridized carbons (Fsp3) is 0.176. The Morgan fingerprint density at radius 1 is 1.16 bits per heavy atom. The van der Waals surface area contributed by atoms with Gasteiger partial charge >= 0.3 is 0 Å². The monoisotopic (exact) mass is 355 g/mol. The molecule has 0 aliphatic heterocycles. The zero-order chi connectivity index (χ0) is 18.0. The molecule has 0 aliphatic carbocycles. The number of benzene rings is 1. The number of rotatable bonds is 4. The SMILES string of the molecule is CC(=O)Nc1nc(C(=O)Nc2ccccc2-n2nc(C)cc2C)cs1. The van der Waals surface area contributed by atoms with E-state index in [1.807, 2.05) is 44.2 Å². The fourth-order valence-electron chi connectivity index (χ4n) is 2.41. The molecule has 2 N–H and O–H groups in total. The molecule has 0 bridgehead atoms. The second kappa shape index (κ2) is 6.86. The van der Waals surface area contributed by atoms with Crippen molar-refractivity contribution in [3.05, 3.63) is 52.8 Å². The normalized spacial score (nSPS) is 10.5. The first-order valence-corrected chi connectivity index (χ1v) is 8.49. The predicted octanol–water partition coefficient (Wildman–Crippen LogP) is 3.16. The molecule has 2 heterocycles. The van der Waals surface area contributed by atoms with Crippen LogP contribution in [0.5, 0.6) is 0 Å². The van der Waals surface area contributed by atoms with Gasteiger partial charge in [0, 0.05) is 18.0 Å². The quantitative estimate of drug-likeness (QED) is 0.752. The van der Waals surface area contributed by atoms with Crippen molar-refractivity contribution < 1.29 is 9.59 Å². The molecule has 2 amide bonds. The summed E-state index contributed by atoms with van der Waals surface area (Å²) in [4.78, 5) is 27.7. The van der Waals surface area contributed by atoms with Crippen molar-refractivity contribution in [3.8, 4) is 5.69 Å². The van der Waals surface area contributed by atoms with Crippen LogP contribution < -0.4 is 10.6 Å². The van der Waals surface area contributed by atoms with Crippen molar-refractivity contribution in [2.45, 2.75) is 20.8 Å². The topological polar surface area (TPSA) is 88.9 Å². The first-order valence-electron chi connectivity index (χ1n) is 7.61. The van der Waals surface area contributed by atoms with Crippen LogP contribution in [-0.4, -0.2) is 26.6 Å². The number of thiazole rings is 1. The van der Waals surface area contributed by atoms with E-state index in [4.69, 9.17) is 0 Å². The summed E-state index contributed by atoms with van der Waals surface area (Å²) >= 11 is 1.20. The number of carbonyl (C=O) groups is 2. The Morgan fingerprint density at radius 2 is 1.92 bits per heavy atom. The molecular formula is C17H17N5O2S. The van der Waals surface area contributed by atoms with Gasteiger partial charge in [0.25, 0.3) is 5.91 Å². The molecule has 0 saturated carbocycles. The van der Waals surface area contributed by atoms with E-state index in [0.717, 1.165) is 17.1 Å². The van der Waals surface area contributed by atoms with Crippen LogP contribution in [0, 0.1) is 13.8 Å². The summed E-state index contributed by atoms with van der Waals surface area (Å²) in [5.41, 5.74) is 3.53. The van der Waals surface area contributed by atoms with E-state index < -0.39 is 0 Å². The number of carbonyl (C=O) groups excluding carboxylic acids is 2. The van der Waals surface area contributed by atoms with Gasteiger partial charge in [0.2, 0.25) is 5.91 Å². The molecule has 1 aromatic carbocycles. The van der Waals surface area contributed by atoms with Crippen LogP contribution in [0.3, 0.4) is 0 Å². The molecule has 7 nitrogen and oxygen atoms in total. The first-order chi connectivity index (χ1) is 11.9. The van der Waals surface area contributed by atoms with E-state index >= 15 is 0 Å². The van der Waals surface area contributed by atoms with Crippen molar-refractivity contribution in [2.24, 2.45) is 0 Å². The number of nitrogens with one attached hydrogen (secondary N) is 2. The Labute approximate surface area is 148 Å². The fourth-order valence-corrected chi connectivity index (χ4v) is 3.15. The second-order valence-corrected chi connectivity index (χ2v) is 6.39. The maximum atomic E-state index is 12.5. The summed E-state index contributed by atoms with van der Waals surface area (Å²) in [7, 11) is 0. The van der Waals surface area contributed by atoms with Gasteiger partial charge < -0.3 is 10.6 Å². The molecule has 0 aliphatic rings. The van der Waals surface area contributed by atoms with Gasteiger partial charge in [-0.1, -0.05) is 12.1 Å². The van der Waals surface area contributed by atoms with Crippen LogP contribution in [-0.2, 0) is 4.79 Å². The predicted molar refractivity (Wildman–Crippen MR) is 97.4 cm³/mol. The van der Waals surface area contributed by atoms with Gasteiger partial charge in [-0.15, -0.1) is 11.3 Å². The van der Waals surface area contributed by atoms with Crippen molar-refractivity contribution >= 4 is 34.0 Å². The van der Waals surface area contributed by atoms with Gasteiger partial charge in [0.05, 0.1) is 17.1 Å². The number of hydrogen-bond acceptors (Lipinski definition) is 5. The minimum absolute atomic E-state index is 0.226. The molecule has 3 rings (SSSR count). The lowest BCUT2D eigenvalue weighted by molar-refractivity contribution is -0.114. The molecule has 25 heavy (non-hydrogen) atoms. The van der Waals surface area contributed by atoms with E-state index in [0.29, 0.717) is 10.8 Å². The van der Waals surface area contributed by atoms with Crippen LogP contribution in [0.25, 0.3) is 5.69 Å². The third-order valence-corrected chi connectivity index (χ3v) is 4.17. The maximum Gasteiger partial charge on any atom is 0.275 e. The van der Waals surface area contributed by atoms with Gasteiger partial charge in [0.15, 0.2) is 5.13 Å². The number of aromatic nitrogens is 3. The van der Waals surface area contributed by atoms with Crippen molar-refractivity contribution in [1.29, 1.82) is 0 Å². The highest BCUT2D eigenvalue weighted by Crippen LogP contribution is 2.23. The summed E-state index contributed by atoms with van der Waals surface area (Å²) in [6.45, 7) is 5.27. The number of amides is 2. The summed E-state index contributed by atoms with van der Waals surface area (Å²) in [6, 6.07) is 9.40. The van der Waals surface area contributed by atoms with Crippen LogP contribution in [0.1, 0.15) is 28.8 Å². The Kier molecular flexibility index (Phi) is 4.62. The smallest absolute Gasteiger partial charge is 0.275 e. The van der Waals surface area contributed by atoms with Crippen LogP contribution in [0.4, 0.5) is 10.8 Å². The molecule has 8 heteroatoms. The Balaban J connectivity index is 1.86. The number of hydrogen-bond donors (Lipinski definition) is 2. The second-order valence-electron chi connectivity index (χ2n) is 5.53. The summed E-state index contributed by atoms with van der Waals surface area (Å²) in [5, 5.41) is 11.9. The lowest BCUT2D eigenvalue weighted by Gasteiger charge is -2.11. The Bertz CT molecular complexity index is 944. The highest BCUT2D eigenvalue weighted by molar-refractivity contribution is 7.14. The van der Waals surface area contributed by atoms with Crippen molar-refractivity contribution in [3.63, 3.8) is 0 Å². The molecule has 0 spiro atoms. The molecule has 3 aromatic rings. The molecule has 2 aromatic heterocycles. The van der Waals surface area contributed by atoms with E-state index in [9.17, 15) is 9.59 Å². The van der Waals surface area contributed by atoms with Crippen molar-refractivity contribution in [2.75, 3.05) is 10.6 Å². The molecule has 128 valence electrons. The molecule has 0 radical (unpaired) electrons. The van der Waals surface area contributed by atoms with E-state index in [1.54, 1.807) is 10.1 Å². The highest BCUT2D eigenvalue weighted by Gasteiger charge is 2.15. The average molecular weight is 355 g/mol. The average Bonchev–Trinajstić information content (AvgIpc) is 3.13. The zero-order valence-electron chi connectivity index (χ0n) is 14.0. The zero-order valence-corrected chi connectivity index (χ0v) is 14.8. The molecular weight excluding hydrogens is 338 g/mol. The first kappa shape index (κ1) is 16.8. The minimum Gasteiger partial charge on any atom is -0.319 e. The number of para-hydroxylation sites is 2. The molecule has 0 fully saturated rings. The maximum absolute atomic E-state index is 12.5. The number of anilines is 2. The van der Waals surface area contributed by atoms with Crippen LogP contribution >= 0.6 is 11.3 Å². The lowest BCUT2D eigenvalue weighted by Crippen LogP contribution is -2.15. The summed E-state index contributed by atoms with van der Waals surface area (Å²) in [5.74, 6) is -0.571. The molecule has 0 saturated heterocycles. The van der Waals surface area contributed by atoms with Gasteiger partial charge in [-0.2, -0.15) is 5.10 Å². The minimum atomic E-state index is -0.346. The summed E-state index contributed by atoms with van der Waals surface area (Å²) in [6.07, 6.45) is 0. The van der Waals surface area contributed by atoms with Gasteiger partial charge in [-0.3, -0.25) is 9.59 Å². The largest absolute Gasteiger partial charge is 0.319 e. The third-order valence-electron chi connectivity index (χ3n) is 3.41. The van der Waals surface area contributed by atoms with Gasteiger partial charge in [0.1, 0.15) is 5.69 Å². The van der Waals surface area contributed by atoms with E-state index in [-0.39, 0.29) is 17.5 Å². The standard InChI is InChI=1S/C17H17N5O2S/c1-10-8-11(2)22(21-10)15-7-5-4-6-13(15)19-16(24)14-9-25-17(20-14)18-12(3)23/h4-9H,1-3H3,(H,19,24)(H,18,20,23). The Morgan fingerprint density at radius 3 is 2.60 bits per heavy atom. The van der Waals surface area contributed by atoms with E-state index in [1.165, 1.54) is 18.3 Å². The number of nitrogens with zero attached hydrogens (tertiary/aromatic N) is 3. The molecule has 0 unspecified atom stereocenters. The van der Waals surface area contributed by atoms with Crippen LogP contribution in [0.15, 0.2) is 35.7 Å². The van der Waals surface area contributed by atoms with Gasteiger partial charge in [-0.05, 0) is 32.0 Å². The summed E-state index contributed by atoms with van der Waals surface area (Å²) < 4.78 is 1.79. The highest BCUT2D eigenvalue weighted by atomic mass is 32.1. The number of aryl methyl sites for hydroxylation is 2. The lowest BCUT2D eigenvalue weighted by atomic mass is 10.2. The van der Waals surface area contributed by atoms with Crippen LogP contribution in [0.2, 0.25) is 0 Å². The Hall–Kier alpha value is -3.00. The van der Waals surface area contributed by atoms with Gasteiger partial charge in [-0.25, -0.2) is 9.67 Å².